The number of anilines is 2. The summed E-state index contributed by atoms with van der Waals surface area (Å²) < 4.78 is 0. The highest BCUT2D eigenvalue weighted by atomic mass is 16.2. The molecule has 3 N–H and O–H groups in total. The van der Waals surface area contributed by atoms with E-state index in [1.54, 1.807) is 25.1 Å². The average Bonchev–Trinajstić information content (AvgIpc) is 2.39. The first-order chi connectivity index (χ1) is 9.86. The van der Waals surface area contributed by atoms with E-state index in [0.29, 0.717) is 17.3 Å². The predicted octanol–water partition coefficient (Wildman–Crippen LogP) is 3.21. The molecule has 1 aliphatic carbocycles. The van der Waals surface area contributed by atoms with Crippen molar-refractivity contribution >= 4 is 17.3 Å². The third-order valence-corrected chi connectivity index (χ3v) is 4.24. The molecular formula is C17H27N3O. The quantitative estimate of drug-likeness (QED) is 0.840. The fourth-order valence-electron chi connectivity index (χ4n) is 3.37. The Balaban J connectivity index is 2.09. The molecule has 1 aliphatic rings. The van der Waals surface area contributed by atoms with Gasteiger partial charge in [-0.3, -0.25) is 4.79 Å². The van der Waals surface area contributed by atoms with Crippen LogP contribution in [0.1, 0.15) is 43.5 Å². The van der Waals surface area contributed by atoms with Crippen LogP contribution in [-0.4, -0.2) is 30.9 Å². The number of nitrogens with one attached hydrogen (secondary N) is 1. The maximum absolute atomic E-state index is 11.9. The summed E-state index contributed by atoms with van der Waals surface area (Å²) in [6.07, 6.45) is 3.67. The maximum atomic E-state index is 11.9. The van der Waals surface area contributed by atoms with Gasteiger partial charge in [-0.2, -0.15) is 0 Å². The largest absolute Gasteiger partial charge is 0.397 e. The predicted molar refractivity (Wildman–Crippen MR) is 88.5 cm³/mol. The van der Waals surface area contributed by atoms with Crippen molar-refractivity contribution in [3.63, 3.8) is 0 Å². The number of hydrogen-bond donors (Lipinski definition) is 2. The molecule has 1 saturated carbocycles. The topological polar surface area (TPSA) is 58.4 Å². The monoisotopic (exact) mass is 289 g/mol. The van der Waals surface area contributed by atoms with E-state index < -0.39 is 0 Å². The minimum Gasteiger partial charge on any atom is -0.397 e. The molecule has 2 atom stereocenters. The van der Waals surface area contributed by atoms with Gasteiger partial charge in [-0.25, -0.2) is 0 Å². The zero-order valence-corrected chi connectivity index (χ0v) is 13.5. The van der Waals surface area contributed by atoms with Crippen LogP contribution in [0.25, 0.3) is 0 Å². The van der Waals surface area contributed by atoms with Gasteiger partial charge in [-0.15, -0.1) is 0 Å². The van der Waals surface area contributed by atoms with Crippen molar-refractivity contribution < 1.29 is 4.79 Å². The van der Waals surface area contributed by atoms with Crippen LogP contribution in [-0.2, 0) is 0 Å². The van der Waals surface area contributed by atoms with Crippen molar-refractivity contribution in [3.05, 3.63) is 23.8 Å². The van der Waals surface area contributed by atoms with Crippen molar-refractivity contribution in [1.29, 1.82) is 0 Å². The third kappa shape index (κ3) is 3.90. The molecule has 4 heteroatoms. The molecular weight excluding hydrogens is 262 g/mol. The SMILES string of the molecule is CC1CC(C)CC(Nc2ccc(C(=O)N(C)C)cc2N)C1. The Morgan fingerprint density at radius 3 is 2.33 bits per heavy atom. The van der Waals surface area contributed by atoms with E-state index in [2.05, 4.69) is 19.2 Å². The van der Waals surface area contributed by atoms with Gasteiger partial charge in [0.15, 0.2) is 0 Å². The number of nitrogens with two attached hydrogens (primary N) is 1. The molecule has 116 valence electrons. The van der Waals surface area contributed by atoms with Crippen molar-refractivity contribution in [2.75, 3.05) is 25.1 Å². The first kappa shape index (κ1) is 15.7. The Bertz CT molecular complexity index is 503. The lowest BCUT2D eigenvalue weighted by Gasteiger charge is -2.33. The zero-order chi connectivity index (χ0) is 15.6. The Labute approximate surface area is 127 Å². The summed E-state index contributed by atoms with van der Waals surface area (Å²) in [5.74, 6) is 1.48. The highest BCUT2D eigenvalue weighted by Gasteiger charge is 2.24. The zero-order valence-electron chi connectivity index (χ0n) is 13.5. The number of hydrogen-bond acceptors (Lipinski definition) is 3. The van der Waals surface area contributed by atoms with E-state index in [1.165, 1.54) is 19.3 Å². The van der Waals surface area contributed by atoms with Crippen molar-refractivity contribution in [2.45, 2.75) is 39.2 Å². The molecule has 0 aromatic heterocycles. The van der Waals surface area contributed by atoms with Gasteiger partial charge in [0, 0.05) is 25.7 Å². The van der Waals surface area contributed by atoms with Crippen LogP contribution in [0, 0.1) is 11.8 Å². The summed E-state index contributed by atoms with van der Waals surface area (Å²) in [5.41, 5.74) is 8.33. The van der Waals surface area contributed by atoms with E-state index in [9.17, 15) is 4.79 Å². The molecule has 0 bridgehead atoms. The average molecular weight is 289 g/mol. The summed E-state index contributed by atoms with van der Waals surface area (Å²) in [6.45, 7) is 4.62. The maximum Gasteiger partial charge on any atom is 0.253 e. The van der Waals surface area contributed by atoms with Crippen LogP contribution in [0.3, 0.4) is 0 Å². The molecule has 1 aromatic rings. The number of nitrogens with zero attached hydrogens (tertiary/aromatic N) is 1. The van der Waals surface area contributed by atoms with Gasteiger partial charge in [0.25, 0.3) is 5.91 Å². The number of carbonyl (C=O) groups excluding carboxylic acids is 1. The van der Waals surface area contributed by atoms with Crippen molar-refractivity contribution in [2.24, 2.45) is 11.8 Å². The van der Waals surface area contributed by atoms with Gasteiger partial charge in [-0.1, -0.05) is 13.8 Å². The smallest absolute Gasteiger partial charge is 0.253 e. The van der Waals surface area contributed by atoms with Crippen LogP contribution in [0.2, 0.25) is 0 Å². The van der Waals surface area contributed by atoms with E-state index >= 15 is 0 Å². The van der Waals surface area contributed by atoms with Crippen molar-refractivity contribution in [3.8, 4) is 0 Å². The van der Waals surface area contributed by atoms with E-state index in [4.69, 9.17) is 5.73 Å². The molecule has 1 amide bonds. The van der Waals surface area contributed by atoms with Crippen LogP contribution in [0.15, 0.2) is 18.2 Å². The second-order valence-electron chi connectivity index (χ2n) is 6.76. The van der Waals surface area contributed by atoms with E-state index in [-0.39, 0.29) is 5.91 Å². The lowest BCUT2D eigenvalue weighted by Crippen LogP contribution is -2.30. The summed E-state index contributed by atoms with van der Waals surface area (Å²) in [4.78, 5) is 13.5. The Hall–Kier alpha value is -1.71. The first-order valence-corrected chi connectivity index (χ1v) is 7.74. The fraction of sp³-hybridized carbons (Fsp3) is 0.588. The van der Waals surface area contributed by atoms with Crippen LogP contribution in [0.4, 0.5) is 11.4 Å². The standard InChI is InChI=1S/C17H27N3O/c1-11-7-12(2)9-14(8-11)19-16-6-5-13(10-15(16)18)17(21)20(3)4/h5-6,10-12,14,19H,7-9,18H2,1-4H3. The highest BCUT2D eigenvalue weighted by Crippen LogP contribution is 2.32. The Morgan fingerprint density at radius 1 is 1.19 bits per heavy atom. The molecule has 1 fully saturated rings. The van der Waals surface area contributed by atoms with Gasteiger partial charge < -0.3 is 16.0 Å². The van der Waals surface area contributed by atoms with Crippen LogP contribution >= 0.6 is 0 Å². The molecule has 21 heavy (non-hydrogen) atoms. The molecule has 2 rings (SSSR count). The molecule has 1 aromatic carbocycles. The number of amides is 1. The normalized spacial score (nSPS) is 25.4. The molecule has 0 radical (unpaired) electrons. The van der Waals surface area contributed by atoms with Crippen LogP contribution in [0.5, 0.6) is 0 Å². The number of nitrogen functional groups attached to an aromatic ring is 1. The molecule has 2 unspecified atom stereocenters. The first-order valence-electron chi connectivity index (χ1n) is 7.74. The molecule has 0 saturated heterocycles. The van der Waals surface area contributed by atoms with E-state index in [0.717, 1.165) is 17.5 Å². The number of benzene rings is 1. The summed E-state index contributed by atoms with van der Waals surface area (Å²) in [7, 11) is 3.49. The fourth-order valence-corrected chi connectivity index (χ4v) is 3.37. The van der Waals surface area contributed by atoms with Gasteiger partial charge in [0.05, 0.1) is 11.4 Å². The lowest BCUT2D eigenvalue weighted by atomic mass is 9.80. The summed E-state index contributed by atoms with van der Waals surface area (Å²) >= 11 is 0. The number of carbonyl (C=O) groups is 1. The summed E-state index contributed by atoms with van der Waals surface area (Å²) in [5, 5.41) is 3.56. The second-order valence-corrected chi connectivity index (χ2v) is 6.76. The van der Waals surface area contributed by atoms with Gasteiger partial charge >= 0.3 is 0 Å². The lowest BCUT2D eigenvalue weighted by molar-refractivity contribution is 0.0827. The highest BCUT2D eigenvalue weighted by molar-refractivity contribution is 5.95. The second kappa shape index (κ2) is 6.37. The minimum absolute atomic E-state index is 0.0202. The molecule has 0 heterocycles. The molecule has 0 spiro atoms. The van der Waals surface area contributed by atoms with E-state index in [1.807, 2.05) is 12.1 Å². The van der Waals surface area contributed by atoms with Gasteiger partial charge in [-0.05, 0) is 49.3 Å². The molecule has 0 aliphatic heterocycles. The van der Waals surface area contributed by atoms with Gasteiger partial charge in [0.2, 0.25) is 0 Å². The Kier molecular flexibility index (Phi) is 4.76. The van der Waals surface area contributed by atoms with Crippen molar-refractivity contribution in [1.82, 2.24) is 4.90 Å². The number of rotatable bonds is 3. The van der Waals surface area contributed by atoms with Crippen LogP contribution < -0.4 is 11.1 Å². The third-order valence-electron chi connectivity index (χ3n) is 4.24. The van der Waals surface area contributed by atoms with Gasteiger partial charge in [0.1, 0.15) is 0 Å². The minimum atomic E-state index is -0.0202. The Morgan fingerprint density at radius 2 is 1.81 bits per heavy atom. The summed E-state index contributed by atoms with van der Waals surface area (Å²) in [6, 6.07) is 6.01. The molecule has 4 nitrogen and oxygen atoms in total.